The van der Waals surface area contributed by atoms with Gasteiger partial charge in [-0.25, -0.2) is 0 Å². The summed E-state index contributed by atoms with van der Waals surface area (Å²) in [6.45, 7) is 13.0. The Hall–Kier alpha value is -3.94. The highest BCUT2D eigenvalue weighted by molar-refractivity contribution is 5.79. The van der Waals surface area contributed by atoms with Crippen molar-refractivity contribution in [3.63, 3.8) is 0 Å². The molecule has 0 bridgehead atoms. The van der Waals surface area contributed by atoms with Crippen molar-refractivity contribution in [3.05, 3.63) is 0 Å². The lowest BCUT2D eigenvalue weighted by Gasteiger charge is -2.42. The molecular weight excluding hydrogens is 1320 g/mol. The Morgan fingerprint density at radius 3 is 0.919 bits per heavy atom. The molecule has 3 aliphatic rings. The molecule has 3 fully saturated rings. The van der Waals surface area contributed by atoms with Gasteiger partial charge in [0.05, 0.1) is 152 Å². The minimum Gasteiger partial charge on any atom is -0.394 e. The molecule has 35 nitrogen and oxygen atoms in total. The summed E-state index contributed by atoms with van der Waals surface area (Å²) in [6, 6.07) is -3.18. The van der Waals surface area contributed by atoms with Gasteiger partial charge in [-0.3, -0.25) is 28.8 Å². The number of nitrogens with one attached hydrogen (secondary N) is 5. The number of hydrogen-bond acceptors (Lipinski definition) is 30. The molecule has 0 spiro atoms. The fraction of sp³-hybridized carbons (Fsp3) is 0.906. The molecule has 0 saturated carbocycles. The molecule has 0 aromatic rings. The molecule has 3 saturated heterocycles. The zero-order valence-corrected chi connectivity index (χ0v) is 58.5. The molecule has 3 rings (SSSR count). The average Bonchev–Trinajstić information content (AvgIpc) is 0.827. The van der Waals surface area contributed by atoms with Gasteiger partial charge in [-0.05, 0) is 42.9 Å². The highest BCUT2D eigenvalue weighted by atomic mass is 16.7. The second-order valence-corrected chi connectivity index (χ2v) is 25.5. The molecule has 3 heterocycles. The van der Waals surface area contributed by atoms with Gasteiger partial charge in [-0.2, -0.15) is 0 Å². The number of carbonyl (C=O) groups excluding carboxylic acids is 6. The van der Waals surface area contributed by atoms with Gasteiger partial charge in [0.1, 0.15) is 78.8 Å². The monoisotopic (exact) mass is 1440 g/mol. The SMILES string of the molecule is CC(=O)NC1C(OCCOCCOCCOCCCC(=O)CCC(CCC(=O)NCCOCCOCCOCCOC2OC(CO)C(O)C(O)C2NC(C)=O)(CCC(=O)NCCOCCOCCOCCOC2OC(CO)C(O)C(O)C2NC(C)=O)CC(C)(C)C)OC(CO)C(O)C1O. The van der Waals surface area contributed by atoms with E-state index in [1.54, 1.807) is 0 Å². The van der Waals surface area contributed by atoms with E-state index in [0.29, 0.717) is 38.7 Å². The summed E-state index contributed by atoms with van der Waals surface area (Å²) in [7, 11) is 0. The Morgan fingerprint density at radius 1 is 0.364 bits per heavy atom. The van der Waals surface area contributed by atoms with Crippen LogP contribution in [0.2, 0.25) is 0 Å². The number of aliphatic hydroxyl groups is 9. The number of aliphatic hydroxyl groups excluding tert-OH is 9. The number of ether oxygens (including phenoxy) is 15. The highest BCUT2D eigenvalue weighted by Crippen LogP contribution is 2.45. The molecule has 15 atom stereocenters. The summed E-state index contributed by atoms with van der Waals surface area (Å²) in [4.78, 5) is 75.2. The van der Waals surface area contributed by atoms with Crippen LogP contribution >= 0.6 is 0 Å². The summed E-state index contributed by atoms with van der Waals surface area (Å²) in [5, 5.41) is 104. The molecule has 0 aromatic carbocycles. The van der Waals surface area contributed by atoms with E-state index in [9.17, 15) is 74.7 Å². The quantitative estimate of drug-likeness (QED) is 0.0255. The largest absolute Gasteiger partial charge is 0.394 e. The molecule has 578 valence electrons. The van der Waals surface area contributed by atoms with Crippen LogP contribution in [0.3, 0.4) is 0 Å². The second-order valence-electron chi connectivity index (χ2n) is 25.5. The van der Waals surface area contributed by atoms with E-state index in [1.165, 1.54) is 20.8 Å². The summed E-state index contributed by atoms with van der Waals surface area (Å²) in [6.07, 6.45) is -12.0. The van der Waals surface area contributed by atoms with E-state index >= 15 is 0 Å². The van der Waals surface area contributed by atoms with Crippen LogP contribution in [0.15, 0.2) is 0 Å². The van der Waals surface area contributed by atoms with Gasteiger partial charge < -0.3 is 144 Å². The van der Waals surface area contributed by atoms with Crippen LogP contribution in [0.4, 0.5) is 0 Å². The third kappa shape index (κ3) is 37.4. The standard InChI is InChI=1S/C64H117N5O30/c1-42(73)67-51-57(82)54(79)46(38-70)97-60(51)94-35-32-91-29-26-88-23-20-85-17-7-8-45(76)9-12-64(41-63(4,5)6,13-10-49(77)65-15-18-86-21-24-89-27-30-92-33-36-95-61-52(68-43(2)74)58(83)55(80)47(39-71)98-61)14-11-50(78)66-16-19-87-22-25-90-28-31-93-34-37-96-62-53(69-44(3)75)59(84)56(81)48(40-72)99-62/h46-48,51-62,70-72,79-84H,7-41H2,1-6H3,(H,65,77)(H,66,78)(H,67,73)(H,68,74)(H,69,75). The first-order chi connectivity index (χ1) is 47.3. The van der Waals surface area contributed by atoms with Crippen LogP contribution in [0, 0.1) is 10.8 Å². The van der Waals surface area contributed by atoms with Crippen LogP contribution < -0.4 is 26.6 Å². The second kappa shape index (κ2) is 51.3. The Kier molecular flexibility index (Phi) is 46.2. The number of carbonyl (C=O) groups is 6. The fourth-order valence-electron chi connectivity index (χ4n) is 11.3. The molecule has 0 aromatic heterocycles. The summed E-state index contributed by atoms with van der Waals surface area (Å²) in [5.41, 5.74) is -0.789. The third-order valence-corrected chi connectivity index (χ3v) is 16.0. The Morgan fingerprint density at radius 2 is 0.636 bits per heavy atom. The van der Waals surface area contributed by atoms with Crippen molar-refractivity contribution in [2.75, 3.05) is 172 Å². The molecular formula is C64H117N5O30. The zero-order valence-electron chi connectivity index (χ0n) is 58.5. The fourth-order valence-corrected chi connectivity index (χ4v) is 11.3. The number of rotatable bonds is 56. The molecule has 15 unspecified atom stereocenters. The van der Waals surface area contributed by atoms with Gasteiger partial charge >= 0.3 is 0 Å². The third-order valence-electron chi connectivity index (χ3n) is 16.0. The van der Waals surface area contributed by atoms with E-state index < -0.39 is 135 Å². The molecule has 5 amide bonds. The minimum atomic E-state index is -1.43. The van der Waals surface area contributed by atoms with Crippen molar-refractivity contribution >= 4 is 35.3 Å². The lowest BCUT2D eigenvalue weighted by atomic mass is 9.66. The molecule has 99 heavy (non-hydrogen) atoms. The highest BCUT2D eigenvalue weighted by Gasteiger charge is 2.48. The Balaban J connectivity index is 1.38. The van der Waals surface area contributed by atoms with Crippen molar-refractivity contribution < 1.29 is 146 Å². The lowest BCUT2D eigenvalue weighted by molar-refractivity contribution is -0.272. The van der Waals surface area contributed by atoms with Crippen molar-refractivity contribution in [2.45, 2.75) is 191 Å². The minimum absolute atomic E-state index is 0.0194. The maximum absolute atomic E-state index is 13.5. The topological polar surface area (TPSA) is 483 Å². The first-order valence-electron chi connectivity index (χ1n) is 34.1. The zero-order chi connectivity index (χ0) is 73.0. The average molecular weight is 1440 g/mol. The first kappa shape index (κ1) is 89.3. The van der Waals surface area contributed by atoms with Gasteiger partial charge in [0, 0.05) is 66.2 Å². The number of amides is 5. The first-order valence-corrected chi connectivity index (χ1v) is 34.1. The van der Waals surface area contributed by atoms with Crippen molar-refractivity contribution in [2.24, 2.45) is 10.8 Å². The van der Waals surface area contributed by atoms with Crippen LogP contribution in [0.1, 0.15) is 99.3 Å². The Labute approximate surface area is 579 Å². The van der Waals surface area contributed by atoms with Gasteiger partial charge in [-0.15, -0.1) is 0 Å². The Bertz CT molecular complexity index is 1990. The van der Waals surface area contributed by atoms with Crippen LogP contribution in [-0.4, -0.2) is 345 Å². The molecule has 35 heteroatoms. The summed E-state index contributed by atoms with van der Waals surface area (Å²) >= 11 is 0. The predicted molar refractivity (Wildman–Crippen MR) is 346 cm³/mol. The molecule has 0 aliphatic carbocycles. The number of ketones is 1. The predicted octanol–water partition coefficient (Wildman–Crippen LogP) is -4.64. The molecule has 14 N–H and O–H groups in total. The van der Waals surface area contributed by atoms with Gasteiger partial charge in [0.2, 0.25) is 29.5 Å². The van der Waals surface area contributed by atoms with E-state index in [1.807, 2.05) is 0 Å². The van der Waals surface area contributed by atoms with Crippen molar-refractivity contribution in [1.82, 2.24) is 26.6 Å². The maximum atomic E-state index is 13.5. The van der Waals surface area contributed by atoms with Gasteiger partial charge in [-0.1, -0.05) is 20.8 Å². The normalized spacial score (nSPS) is 26.3. The summed E-state index contributed by atoms with van der Waals surface area (Å²) in [5.74, 6) is -1.78. The van der Waals surface area contributed by atoms with Crippen molar-refractivity contribution in [1.29, 1.82) is 0 Å². The molecule has 3 aliphatic heterocycles. The smallest absolute Gasteiger partial charge is 0.220 e. The van der Waals surface area contributed by atoms with E-state index in [4.69, 9.17) is 71.1 Å². The number of hydrogen-bond donors (Lipinski definition) is 14. The maximum Gasteiger partial charge on any atom is 0.220 e. The van der Waals surface area contributed by atoms with Gasteiger partial charge in [0.25, 0.3) is 0 Å². The van der Waals surface area contributed by atoms with E-state index in [2.05, 4.69) is 47.4 Å². The van der Waals surface area contributed by atoms with E-state index in [-0.39, 0.29) is 194 Å². The van der Waals surface area contributed by atoms with Crippen LogP contribution in [-0.2, 0) is 99.8 Å². The van der Waals surface area contributed by atoms with Crippen LogP contribution in [0.5, 0.6) is 0 Å². The van der Waals surface area contributed by atoms with Crippen LogP contribution in [0.25, 0.3) is 0 Å². The summed E-state index contributed by atoms with van der Waals surface area (Å²) < 4.78 is 83.9. The number of Topliss-reactive ketones (excluding diaryl/α,β-unsaturated/α-hetero) is 1. The van der Waals surface area contributed by atoms with Gasteiger partial charge in [0.15, 0.2) is 18.9 Å². The van der Waals surface area contributed by atoms with E-state index in [0.717, 1.165) is 0 Å². The van der Waals surface area contributed by atoms with Crippen molar-refractivity contribution in [3.8, 4) is 0 Å². The molecule has 0 radical (unpaired) electrons. The lowest BCUT2D eigenvalue weighted by Crippen LogP contribution is -2.64.